The molecule has 1 aromatic carbocycles. The summed E-state index contributed by atoms with van der Waals surface area (Å²) in [4.78, 5) is 24.5. The Morgan fingerprint density at radius 3 is 2.29 bits per heavy atom. The van der Waals surface area contributed by atoms with E-state index in [2.05, 4.69) is 0 Å². The molecule has 5 nitrogen and oxygen atoms in total. The number of carboxylic acids is 1. The molecule has 0 saturated heterocycles. The highest BCUT2D eigenvalue weighted by Gasteiger charge is 2.18. The second-order valence-corrected chi connectivity index (χ2v) is 5.06. The van der Waals surface area contributed by atoms with E-state index in [9.17, 15) is 9.59 Å². The first-order chi connectivity index (χ1) is 9.99. The zero-order valence-electron chi connectivity index (χ0n) is 12.1. The SMILES string of the molecule is CC(CN(C)C(=O)c1ccc(-n2cccc2)cc1)C(=O)O. The van der Waals surface area contributed by atoms with Gasteiger partial charge >= 0.3 is 5.97 Å². The molecule has 0 aliphatic rings. The van der Waals surface area contributed by atoms with Gasteiger partial charge in [-0.1, -0.05) is 6.92 Å². The van der Waals surface area contributed by atoms with Crippen molar-refractivity contribution in [3.8, 4) is 5.69 Å². The van der Waals surface area contributed by atoms with Crippen molar-refractivity contribution in [2.75, 3.05) is 13.6 Å². The average Bonchev–Trinajstić information content (AvgIpc) is 3.00. The predicted molar refractivity (Wildman–Crippen MR) is 79.5 cm³/mol. The largest absolute Gasteiger partial charge is 0.481 e. The Hall–Kier alpha value is -2.56. The molecule has 1 heterocycles. The van der Waals surface area contributed by atoms with Crippen LogP contribution in [-0.4, -0.2) is 40.0 Å². The summed E-state index contributed by atoms with van der Waals surface area (Å²) in [5, 5.41) is 8.88. The van der Waals surface area contributed by atoms with Gasteiger partial charge in [0.25, 0.3) is 5.91 Å². The van der Waals surface area contributed by atoms with Crippen molar-refractivity contribution in [3.63, 3.8) is 0 Å². The van der Waals surface area contributed by atoms with E-state index >= 15 is 0 Å². The average molecular weight is 286 g/mol. The zero-order valence-corrected chi connectivity index (χ0v) is 12.1. The first kappa shape index (κ1) is 14.8. The van der Waals surface area contributed by atoms with Crippen LogP contribution < -0.4 is 0 Å². The fraction of sp³-hybridized carbons (Fsp3) is 0.250. The molecule has 2 aromatic rings. The number of carbonyl (C=O) groups is 2. The smallest absolute Gasteiger partial charge is 0.308 e. The lowest BCUT2D eigenvalue weighted by atomic mass is 10.1. The molecule has 1 amide bonds. The molecule has 0 spiro atoms. The Balaban J connectivity index is 2.07. The third kappa shape index (κ3) is 3.51. The van der Waals surface area contributed by atoms with Gasteiger partial charge in [-0.15, -0.1) is 0 Å². The predicted octanol–water partition coefficient (Wildman–Crippen LogP) is 2.27. The van der Waals surface area contributed by atoms with Crippen LogP contribution in [0, 0.1) is 5.92 Å². The molecule has 0 radical (unpaired) electrons. The van der Waals surface area contributed by atoms with Crippen LogP contribution in [0.5, 0.6) is 0 Å². The van der Waals surface area contributed by atoms with Crippen molar-refractivity contribution in [2.45, 2.75) is 6.92 Å². The van der Waals surface area contributed by atoms with Gasteiger partial charge in [-0.05, 0) is 36.4 Å². The summed E-state index contributed by atoms with van der Waals surface area (Å²) in [7, 11) is 1.61. The molecule has 1 aromatic heterocycles. The van der Waals surface area contributed by atoms with E-state index in [-0.39, 0.29) is 12.5 Å². The summed E-state index contributed by atoms with van der Waals surface area (Å²) in [6.07, 6.45) is 3.86. The molecule has 1 atom stereocenters. The van der Waals surface area contributed by atoms with Crippen LogP contribution in [0.25, 0.3) is 5.69 Å². The second-order valence-electron chi connectivity index (χ2n) is 5.06. The first-order valence-electron chi connectivity index (χ1n) is 6.70. The van der Waals surface area contributed by atoms with Crippen molar-refractivity contribution in [1.29, 1.82) is 0 Å². The fourth-order valence-electron chi connectivity index (χ4n) is 2.07. The third-order valence-corrected chi connectivity index (χ3v) is 3.33. The fourth-order valence-corrected chi connectivity index (χ4v) is 2.07. The van der Waals surface area contributed by atoms with Gasteiger partial charge in [0, 0.05) is 37.2 Å². The molecule has 2 rings (SSSR count). The molecular formula is C16H18N2O3. The van der Waals surface area contributed by atoms with Crippen LogP contribution in [-0.2, 0) is 4.79 Å². The number of benzene rings is 1. The van der Waals surface area contributed by atoms with Gasteiger partial charge < -0.3 is 14.6 Å². The molecule has 110 valence electrons. The van der Waals surface area contributed by atoms with Crippen molar-refractivity contribution in [2.24, 2.45) is 5.92 Å². The lowest BCUT2D eigenvalue weighted by Gasteiger charge is -2.19. The molecule has 1 unspecified atom stereocenters. The highest BCUT2D eigenvalue weighted by molar-refractivity contribution is 5.94. The summed E-state index contributed by atoms with van der Waals surface area (Å²) in [5.74, 6) is -1.67. The quantitative estimate of drug-likeness (QED) is 0.917. The molecule has 0 aliphatic heterocycles. The van der Waals surface area contributed by atoms with Crippen molar-refractivity contribution >= 4 is 11.9 Å². The Morgan fingerprint density at radius 2 is 1.76 bits per heavy atom. The molecular weight excluding hydrogens is 268 g/mol. The molecule has 0 saturated carbocycles. The van der Waals surface area contributed by atoms with E-state index in [0.717, 1.165) is 5.69 Å². The van der Waals surface area contributed by atoms with E-state index in [1.165, 1.54) is 4.90 Å². The monoisotopic (exact) mass is 286 g/mol. The van der Waals surface area contributed by atoms with E-state index in [0.29, 0.717) is 5.56 Å². The van der Waals surface area contributed by atoms with Gasteiger partial charge in [0.2, 0.25) is 0 Å². The minimum Gasteiger partial charge on any atom is -0.481 e. The van der Waals surface area contributed by atoms with Crippen molar-refractivity contribution in [3.05, 3.63) is 54.4 Å². The summed E-state index contributed by atoms with van der Waals surface area (Å²) in [6.45, 7) is 1.77. The number of hydrogen-bond acceptors (Lipinski definition) is 2. The van der Waals surface area contributed by atoms with Crippen molar-refractivity contribution < 1.29 is 14.7 Å². The van der Waals surface area contributed by atoms with E-state index < -0.39 is 11.9 Å². The lowest BCUT2D eigenvalue weighted by Crippen LogP contribution is -2.33. The minimum absolute atomic E-state index is 0.179. The van der Waals surface area contributed by atoms with Gasteiger partial charge in [-0.25, -0.2) is 0 Å². The molecule has 1 N–H and O–H groups in total. The summed E-state index contributed by atoms with van der Waals surface area (Å²) in [5.41, 5.74) is 1.52. The standard InChI is InChI=1S/C16H18N2O3/c1-12(16(20)21)11-17(2)15(19)13-5-7-14(8-6-13)18-9-3-4-10-18/h3-10,12H,11H2,1-2H3,(H,20,21). The molecule has 21 heavy (non-hydrogen) atoms. The summed E-state index contributed by atoms with van der Waals surface area (Å²) < 4.78 is 1.95. The third-order valence-electron chi connectivity index (χ3n) is 3.33. The Morgan fingerprint density at radius 1 is 1.19 bits per heavy atom. The summed E-state index contributed by atoms with van der Waals surface area (Å²) in [6, 6.07) is 11.1. The van der Waals surface area contributed by atoms with Crippen molar-refractivity contribution in [1.82, 2.24) is 9.47 Å². The second kappa shape index (κ2) is 6.26. The highest BCUT2D eigenvalue weighted by Crippen LogP contribution is 2.12. The van der Waals surface area contributed by atoms with E-state index in [1.54, 1.807) is 26.1 Å². The number of carbonyl (C=O) groups excluding carboxylic acids is 1. The normalized spacial score (nSPS) is 11.9. The maximum absolute atomic E-state index is 12.2. The van der Waals surface area contributed by atoms with Gasteiger partial charge in [-0.3, -0.25) is 9.59 Å². The number of aromatic nitrogens is 1. The van der Waals surface area contributed by atoms with Gasteiger partial charge in [0.15, 0.2) is 0 Å². The maximum atomic E-state index is 12.2. The van der Waals surface area contributed by atoms with Gasteiger partial charge in [0.1, 0.15) is 0 Å². The first-order valence-corrected chi connectivity index (χ1v) is 6.70. The summed E-state index contributed by atoms with van der Waals surface area (Å²) >= 11 is 0. The van der Waals surface area contributed by atoms with Crippen LogP contribution in [0.4, 0.5) is 0 Å². The lowest BCUT2D eigenvalue weighted by molar-refractivity contribution is -0.141. The topological polar surface area (TPSA) is 62.5 Å². The van der Waals surface area contributed by atoms with E-state index in [4.69, 9.17) is 5.11 Å². The number of nitrogens with zero attached hydrogens (tertiary/aromatic N) is 2. The zero-order chi connectivity index (χ0) is 15.4. The Bertz CT molecular complexity index is 617. The molecule has 0 bridgehead atoms. The van der Waals surface area contributed by atoms with Crippen LogP contribution >= 0.6 is 0 Å². The van der Waals surface area contributed by atoms with Gasteiger partial charge in [0.05, 0.1) is 5.92 Å². The van der Waals surface area contributed by atoms with Gasteiger partial charge in [-0.2, -0.15) is 0 Å². The Labute approximate surface area is 123 Å². The maximum Gasteiger partial charge on any atom is 0.308 e. The molecule has 0 fully saturated rings. The number of hydrogen-bond donors (Lipinski definition) is 1. The van der Waals surface area contributed by atoms with Crippen LogP contribution in [0.3, 0.4) is 0 Å². The Kier molecular flexibility index (Phi) is 4.42. The number of aliphatic carboxylic acids is 1. The van der Waals surface area contributed by atoms with Crippen LogP contribution in [0.15, 0.2) is 48.8 Å². The molecule has 0 aliphatic carbocycles. The highest BCUT2D eigenvalue weighted by atomic mass is 16.4. The minimum atomic E-state index is -0.905. The van der Waals surface area contributed by atoms with Crippen LogP contribution in [0.2, 0.25) is 0 Å². The number of carboxylic acid groups (broad SMARTS) is 1. The van der Waals surface area contributed by atoms with E-state index in [1.807, 2.05) is 41.2 Å². The number of amides is 1. The molecule has 5 heteroatoms. The van der Waals surface area contributed by atoms with Crippen LogP contribution in [0.1, 0.15) is 17.3 Å². The number of rotatable bonds is 5.